The van der Waals surface area contributed by atoms with Crippen LogP contribution in [-0.2, 0) is 9.47 Å². The Hall–Kier alpha value is -0.160. The fourth-order valence-corrected chi connectivity index (χ4v) is 3.28. The van der Waals surface area contributed by atoms with Crippen molar-refractivity contribution in [3.8, 4) is 0 Å². The predicted octanol–water partition coefficient (Wildman–Crippen LogP) is 2.23. The van der Waals surface area contributed by atoms with Crippen molar-refractivity contribution in [2.24, 2.45) is 5.41 Å². The van der Waals surface area contributed by atoms with Crippen LogP contribution in [0.2, 0.25) is 0 Å². The maximum absolute atomic E-state index is 5.79. The average Bonchev–Trinajstić information content (AvgIpc) is 2.18. The van der Waals surface area contributed by atoms with Crippen LogP contribution >= 0.6 is 0 Å². The van der Waals surface area contributed by atoms with E-state index in [1.54, 1.807) is 0 Å². The molecule has 0 aliphatic carbocycles. The van der Waals surface area contributed by atoms with Crippen molar-refractivity contribution in [3.05, 3.63) is 0 Å². The molecule has 2 aliphatic rings. The lowest BCUT2D eigenvalue weighted by molar-refractivity contribution is -0.133. The zero-order chi connectivity index (χ0) is 15.7. The molecule has 0 amide bonds. The van der Waals surface area contributed by atoms with Gasteiger partial charge in [-0.05, 0) is 41.5 Å². The van der Waals surface area contributed by atoms with E-state index in [9.17, 15) is 0 Å². The molecule has 0 N–H and O–H groups in total. The Morgan fingerprint density at radius 3 is 1.33 bits per heavy atom. The first-order valence-electron chi connectivity index (χ1n) is 8.30. The van der Waals surface area contributed by atoms with Crippen molar-refractivity contribution in [1.29, 1.82) is 0 Å². The molecule has 0 unspecified atom stereocenters. The largest absolute Gasteiger partial charge is 0.375 e. The van der Waals surface area contributed by atoms with E-state index in [1.165, 1.54) is 26.2 Å². The van der Waals surface area contributed by atoms with Gasteiger partial charge >= 0.3 is 0 Å². The lowest BCUT2D eigenvalue weighted by atomic mass is 9.73. The van der Waals surface area contributed by atoms with Gasteiger partial charge in [0.15, 0.2) is 0 Å². The SMILES string of the molecule is CC(C)(C)OCCN1CC2(C1)CN(CCOC(C)(C)C)C2. The van der Waals surface area contributed by atoms with Gasteiger partial charge in [0, 0.05) is 44.7 Å². The van der Waals surface area contributed by atoms with Gasteiger partial charge in [-0.25, -0.2) is 0 Å². The molecule has 4 nitrogen and oxygen atoms in total. The molecule has 1 spiro atoms. The monoisotopic (exact) mass is 298 g/mol. The minimum atomic E-state index is -0.0110. The summed E-state index contributed by atoms with van der Waals surface area (Å²) >= 11 is 0. The lowest BCUT2D eigenvalue weighted by Crippen LogP contribution is -2.72. The Balaban J connectivity index is 1.51. The summed E-state index contributed by atoms with van der Waals surface area (Å²) in [4.78, 5) is 5.05. The van der Waals surface area contributed by atoms with Gasteiger partial charge in [0.25, 0.3) is 0 Å². The summed E-state index contributed by atoms with van der Waals surface area (Å²) in [7, 11) is 0. The third-order valence-electron chi connectivity index (χ3n) is 4.12. The Morgan fingerprint density at radius 2 is 1.05 bits per heavy atom. The van der Waals surface area contributed by atoms with Crippen molar-refractivity contribution in [1.82, 2.24) is 9.80 Å². The molecule has 2 fully saturated rings. The highest BCUT2D eigenvalue weighted by molar-refractivity contribution is 5.05. The van der Waals surface area contributed by atoms with Gasteiger partial charge in [-0.3, -0.25) is 9.80 Å². The molecule has 2 rings (SSSR count). The van der Waals surface area contributed by atoms with Crippen LogP contribution in [-0.4, -0.2) is 73.5 Å². The molecule has 0 aromatic heterocycles. The zero-order valence-corrected chi connectivity index (χ0v) is 14.9. The molecule has 0 radical (unpaired) electrons. The number of ether oxygens (including phenoxy) is 2. The summed E-state index contributed by atoms with van der Waals surface area (Å²) in [5.41, 5.74) is 0.565. The minimum absolute atomic E-state index is 0.0110. The molecular weight excluding hydrogens is 264 g/mol. The fraction of sp³-hybridized carbons (Fsp3) is 1.00. The maximum atomic E-state index is 5.79. The van der Waals surface area contributed by atoms with E-state index < -0.39 is 0 Å². The predicted molar refractivity (Wildman–Crippen MR) is 86.7 cm³/mol. The molecule has 0 aromatic carbocycles. The minimum Gasteiger partial charge on any atom is -0.375 e. The summed E-state index contributed by atoms with van der Waals surface area (Å²) in [6.07, 6.45) is 0. The van der Waals surface area contributed by atoms with Crippen molar-refractivity contribution in [2.45, 2.75) is 52.7 Å². The number of likely N-dealkylation sites (tertiary alicyclic amines) is 2. The number of nitrogens with zero attached hydrogens (tertiary/aromatic N) is 2. The van der Waals surface area contributed by atoms with Crippen LogP contribution in [0.4, 0.5) is 0 Å². The second kappa shape index (κ2) is 6.15. The van der Waals surface area contributed by atoms with Gasteiger partial charge in [-0.1, -0.05) is 0 Å². The average molecular weight is 298 g/mol. The van der Waals surface area contributed by atoms with Gasteiger partial charge < -0.3 is 9.47 Å². The molecule has 0 atom stereocenters. The third kappa shape index (κ3) is 5.51. The van der Waals surface area contributed by atoms with Crippen LogP contribution in [0.3, 0.4) is 0 Å². The van der Waals surface area contributed by atoms with E-state index >= 15 is 0 Å². The molecule has 124 valence electrons. The van der Waals surface area contributed by atoms with Crippen LogP contribution in [0.25, 0.3) is 0 Å². The Morgan fingerprint density at radius 1 is 0.714 bits per heavy atom. The van der Waals surface area contributed by atoms with E-state index in [-0.39, 0.29) is 11.2 Å². The molecule has 4 heteroatoms. The summed E-state index contributed by atoms with van der Waals surface area (Å²) in [5, 5.41) is 0. The van der Waals surface area contributed by atoms with Crippen LogP contribution in [0.15, 0.2) is 0 Å². The van der Waals surface area contributed by atoms with E-state index in [0.29, 0.717) is 5.41 Å². The quantitative estimate of drug-likeness (QED) is 0.751. The lowest BCUT2D eigenvalue weighted by Gasteiger charge is -2.60. The number of hydrogen-bond acceptors (Lipinski definition) is 4. The van der Waals surface area contributed by atoms with Gasteiger partial charge in [0.05, 0.1) is 24.4 Å². The highest BCUT2D eigenvalue weighted by Gasteiger charge is 2.50. The van der Waals surface area contributed by atoms with Crippen molar-refractivity contribution in [3.63, 3.8) is 0 Å². The van der Waals surface area contributed by atoms with E-state index in [2.05, 4.69) is 51.3 Å². The van der Waals surface area contributed by atoms with Crippen LogP contribution < -0.4 is 0 Å². The van der Waals surface area contributed by atoms with Gasteiger partial charge in [-0.15, -0.1) is 0 Å². The first-order chi connectivity index (χ1) is 9.57. The van der Waals surface area contributed by atoms with Crippen LogP contribution in [0.1, 0.15) is 41.5 Å². The van der Waals surface area contributed by atoms with Gasteiger partial charge in [0.2, 0.25) is 0 Å². The highest BCUT2D eigenvalue weighted by atomic mass is 16.5. The molecule has 2 saturated heterocycles. The van der Waals surface area contributed by atoms with E-state index in [1.807, 2.05) is 0 Å². The maximum Gasteiger partial charge on any atom is 0.0600 e. The molecule has 0 saturated carbocycles. The first kappa shape index (κ1) is 17.2. The standard InChI is InChI=1S/C17H34N2O2/c1-15(2,3)20-9-7-18-11-17(12-18)13-19(14-17)8-10-21-16(4,5)6/h7-14H2,1-6H3. The van der Waals surface area contributed by atoms with Gasteiger partial charge in [-0.2, -0.15) is 0 Å². The van der Waals surface area contributed by atoms with Crippen LogP contribution in [0.5, 0.6) is 0 Å². The highest BCUT2D eigenvalue weighted by Crippen LogP contribution is 2.39. The summed E-state index contributed by atoms with van der Waals surface area (Å²) < 4.78 is 11.6. The summed E-state index contributed by atoms with van der Waals surface area (Å²) in [5.74, 6) is 0. The Kier molecular flexibility index (Phi) is 5.04. The van der Waals surface area contributed by atoms with Crippen LogP contribution in [0, 0.1) is 5.41 Å². The molecular formula is C17H34N2O2. The summed E-state index contributed by atoms with van der Waals surface area (Å²) in [6.45, 7) is 21.6. The second-order valence-electron chi connectivity index (χ2n) is 8.84. The van der Waals surface area contributed by atoms with E-state index in [0.717, 1.165) is 26.3 Å². The van der Waals surface area contributed by atoms with Gasteiger partial charge in [0.1, 0.15) is 0 Å². The molecule has 0 aromatic rings. The molecule has 21 heavy (non-hydrogen) atoms. The number of hydrogen-bond donors (Lipinski definition) is 0. The third-order valence-corrected chi connectivity index (χ3v) is 4.12. The van der Waals surface area contributed by atoms with Crippen molar-refractivity contribution < 1.29 is 9.47 Å². The normalized spacial score (nSPS) is 23.1. The topological polar surface area (TPSA) is 24.9 Å². The fourth-order valence-electron chi connectivity index (χ4n) is 3.28. The molecule has 2 aliphatic heterocycles. The zero-order valence-electron chi connectivity index (χ0n) is 14.9. The first-order valence-corrected chi connectivity index (χ1v) is 8.30. The van der Waals surface area contributed by atoms with E-state index in [4.69, 9.17) is 9.47 Å². The van der Waals surface area contributed by atoms with Crippen molar-refractivity contribution >= 4 is 0 Å². The smallest absolute Gasteiger partial charge is 0.0600 e. The Bertz CT molecular complexity index is 294. The van der Waals surface area contributed by atoms with Crippen molar-refractivity contribution in [2.75, 3.05) is 52.5 Å². The number of rotatable bonds is 6. The molecule has 0 bridgehead atoms. The second-order valence-corrected chi connectivity index (χ2v) is 8.84. The molecule has 2 heterocycles. The Labute approximate surface area is 130 Å². The summed E-state index contributed by atoms with van der Waals surface area (Å²) in [6, 6.07) is 0.